The Morgan fingerprint density at radius 1 is 1.21 bits per heavy atom. The molecule has 0 bridgehead atoms. The van der Waals surface area contributed by atoms with Gasteiger partial charge in [-0.1, -0.05) is 6.42 Å². The van der Waals surface area contributed by atoms with Crippen LogP contribution in [0.1, 0.15) is 38.3 Å². The van der Waals surface area contributed by atoms with Gasteiger partial charge < -0.3 is 15.0 Å². The van der Waals surface area contributed by atoms with Crippen LogP contribution in [0.4, 0.5) is 0 Å². The van der Waals surface area contributed by atoms with Crippen LogP contribution in [-0.2, 0) is 6.54 Å². The zero-order chi connectivity index (χ0) is 18.7. The molecule has 152 valence electrons. The largest absolute Gasteiger partial charge is 0.497 e. The normalized spacial score (nSPS) is 17.9. The first-order valence-corrected chi connectivity index (χ1v) is 9.94. The van der Waals surface area contributed by atoms with Crippen molar-refractivity contribution in [2.24, 2.45) is 10.4 Å². The van der Waals surface area contributed by atoms with E-state index in [0.29, 0.717) is 12.0 Å². The van der Waals surface area contributed by atoms with Gasteiger partial charge in [0.2, 0.25) is 0 Å². The molecule has 1 aliphatic heterocycles. The molecule has 2 heterocycles. The predicted octanol–water partition coefficient (Wildman–Crippen LogP) is 3.84. The SMILES string of the molecule is CCNC(=NCc1ccn(-c2ccc(OC)cc2)n1)N1CCC2(CCC2)C1.I. The first-order valence-electron chi connectivity index (χ1n) is 9.94. The highest BCUT2D eigenvalue weighted by Gasteiger charge is 2.43. The lowest BCUT2D eigenvalue weighted by atomic mass is 9.68. The molecule has 4 rings (SSSR count). The van der Waals surface area contributed by atoms with Crippen molar-refractivity contribution in [1.29, 1.82) is 0 Å². The summed E-state index contributed by atoms with van der Waals surface area (Å²) in [5, 5.41) is 8.13. The van der Waals surface area contributed by atoms with Gasteiger partial charge in [0.15, 0.2) is 5.96 Å². The van der Waals surface area contributed by atoms with Crippen LogP contribution in [0, 0.1) is 5.41 Å². The molecule has 2 aliphatic rings. The molecule has 1 saturated heterocycles. The van der Waals surface area contributed by atoms with Crippen molar-refractivity contribution in [3.8, 4) is 11.4 Å². The van der Waals surface area contributed by atoms with Crippen molar-refractivity contribution in [3.63, 3.8) is 0 Å². The van der Waals surface area contributed by atoms with Gasteiger partial charge in [-0.3, -0.25) is 0 Å². The lowest BCUT2D eigenvalue weighted by molar-refractivity contribution is 0.151. The van der Waals surface area contributed by atoms with Crippen molar-refractivity contribution < 1.29 is 4.74 Å². The fraction of sp³-hybridized carbons (Fsp3) is 0.524. The lowest BCUT2D eigenvalue weighted by Crippen LogP contribution is -2.42. The minimum absolute atomic E-state index is 0. The van der Waals surface area contributed by atoms with Crippen molar-refractivity contribution in [3.05, 3.63) is 42.2 Å². The van der Waals surface area contributed by atoms with E-state index in [4.69, 9.17) is 9.73 Å². The Morgan fingerprint density at radius 2 is 2.00 bits per heavy atom. The summed E-state index contributed by atoms with van der Waals surface area (Å²) in [5.41, 5.74) is 2.56. The molecule has 1 aromatic heterocycles. The Morgan fingerprint density at radius 3 is 2.61 bits per heavy atom. The van der Waals surface area contributed by atoms with Gasteiger partial charge in [-0.15, -0.1) is 24.0 Å². The number of guanidine groups is 1. The number of benzene rings is 1. The highest BCUT2D eigenvalue weighted by Crippen LogP contribution is 2.47. The Hall–Kier alpha value is -1.77. The summed E-state index contributed by atoms with van der Waals surface area (Å²) in [6, 6.07) is 9.94. The van der Waals surface area contributed by atoms with E-state index in [1.807, 2.05) is 41.2 Å². The Kier molecular flexibility index (Phi) is 6.85. The molecular formula is C21H30IN5O. The summed E-state index contributed by atoms with van der Waals surface area (Å²) in [6.07, 6.45) is 7.46. The first kappa shape index (κ1) is 21.0. The van der Waals surface area contributed by atoms with Gasteiger partial charge in [0.1, 0.15) is 5.75 Å². The maximum atomic E-state index is 5.21. The van der Waals surface area contributed by atoms with Gasteiger partial charge in [-0.25, -0.2) is 9.67 Å². The molecule has 28 heavy (non-hydrogen) atoms. The quantitative estimate of drug-likeness (QED) is 0.389. The van der Waals surface area contributed by atoms with Gasteiger partial charge in [0, 0.05) is 25.8 Å². The molecule has 1 aromatic carbocycles. The summed E-state index contributed by atoms with van der Waals surface area (Å²) >= 11 is 0. The van der Waals surface area contributed by atoms with Crippen molar-refractivity contribution in [2.75, 3.05) is 26.7 Å². The number of hydrogen-bond acceptors (Lipinski definition) is 3. The molecule has 1 N–H and O–H groups in total. The molecule has 0 atom stereocenters. The third kappa shape index (κ3) is 4.45. The number of rotatable bonds is 5. The Bertz CT molecular complexity index is 797. The number of nitrogens with one attached hydrogen (secondary N) is 1. The number of likely N-dealkylation sites (tertiary alicyclic amines) is 1. The van der Waals surface area contributed by atoms with Crippen molar-refractivity contribution in [1.82, 2.24) is 20.0 Å². The van der Waals surface area contributed by atoms with Crippen LogP contribution in [0.5, 0.6) is 5.75 Å². The topological polar surface area (TPSA) is 54.7 Å². The maximum Gasteiger partial charge on any atom is 0.194 e. The minimum Gasteiger partial charge on any atom is -0.497 e. The van der Waals surface area contributed by atoms with Crippen molar-refractivity contribution >= 4 is 29.9 Å². The number of halogens is 1. The molecular weight excluding hydrogens is 465 g/mol. The van der Waals surface area contributed by atoms with E-state index in [1.54, 1.807) is 7.11 Å². The van der Waals surface area contributed by atoms with E-state index in [1.165, 1.54) is 25.7 Å². The van der Waals surface area contributed by atoms with Gasteiger partial charge in [0.25, 0.3) is 0 Å². The zero-order valence-electron chi connectivity index (χ0n) is 16.7. The monoisotopic (exact) mass is 495 g/mol. The smallest absolute Gasteiger partial charge is 0.194 e. The summed E-state index contributed by atoms with van der Waals surface area (Å²) in [5.74, 6) is 1.88. The van der Waals surface area contributed by atoms with Crippen LogP contribution in [0.2, 0.25) is 0 Å². The fourth-order valence-electron chi connectivity index (χ4n) is 4.11. The first-order chi connectivity index (χ1) is 13.2. The molecule has 2 aromatic rings. The van der Waals surface area contributed by atoms with Crippen molar-refractivity contribution in [2.45, 2.75) is 39.2 Å². The van der Waals surface area contributed by atoms with Crippen LogP contribution in [0.3, 0.4) is 0 Å². The third-order valence-corrected chi connectivity index (χ3v) is 5.86. The molecule has 1 saturated carbocycles. The molecule has 1 aliphatic carbocycles. The summed E-state index contributed by atoms with van der Waals surface area (Å²) in [6.45, 7) is 5.88. The Labute approximate surface area is 184 Å². The predicted molar refractivity (Wildman–Crippen MR) is 123 cm³/mol. The zero-order valence-corrected chi connectivity index (χ0v) is 19.1. The molecule has 1 spiro atoms. The second kappa shape index (κ2) is 9.15. The number of methoxy groups -OCH3 is 1. The molecule has 6 nitrogen and oxygen atoms in total. The van der Waals surface area contributed by atoms with Crippen LogP contribution in [0.15, 0.2) is 41.5 Å². The van der Waals surface area contributed by atoms with Gasteiger partial charge in [-0.2, -0.15) is 5.10 Å². The minimum atomic E-state index is 0. The molecule has 0 radical (unpaired) electrons. The summed E-state index contributed by atoms with van der Waals surface area (Å²) in [7, 11) is 1.67. The van der Waals surface area contributed by atoms with Gasteiger partial charge in [-0.05, 0) is 61.9 Å². The third-order valence-electron chi connectivity index (χ3n) is 5.86. The number of hydrogen-bond donors (Lipinski definition) is 1. The average molecular weight is 495 g/mol. The average Bonchev–Trinajstić information content (AvgIpc) is 3.32. The fourth-order valence-corrected chi connectivity index (χ4v) is 4.11. The highest BCUT2D eigenvalue weighted by molar-refractivity contribution is 14.0. The van der Waals surface area contributed by atoms with Crippen LogP contribution in [-0.4, -0.2) is 47.4 Å². The molecule has 7 heteroatoms. The number of aromatic nitrogens is 2. The second-order valence-electron chi connectivity index (χ2n) is 7.64. The summed E-state index contributed by atoms with van der Waals surface area (Å²) in [4.78, 5) is 7.29. The van der Waals surface area contributed by atoms with E-state index in [2.05, 4.69) is 22.2 Å². The Balaban J connectivity index is 0.00000225. The van der Waals surface area contributed by atoms with E-state index >= 15 is 0 Å². The van der Waals surface area contributed by atoms with E-state index in [-0.39, 0.29) is 24.0 Å². The number of ether oxygens (including phenoxy) is 1. The maximum absolute atomic E-state index is 5.21. The van der Waals surface area contributed by atoms with E-state index in [9.17, 15) is 0 Å². The lowest BCUT2D eigenvalue weighted by Gasteiger charge is -2.38. The summed E-state index contributed by atoms with van der Waals surface area (Å²) < 4.78 is 7.10. The van der Waals surface area contributed by atoms with E-state index < -0.39 is 0 Å². The number of aliphatic imine (C=N–C) groups is 1. The van der Waals surface area contributed by atoms with Crippen LogP contribution in [0.25, 0.3) is 5.69 Å². The molecule has 0 unspecified atom stereocenters. The highest BCUT2D eigenvalue weighted by atomic mass is 127. The molecule has 2 fully saturated rings. The second-order valence-corrected chi connectivity index (χ2v) is 7.64. The van der Waals surface area contributed by atoms with Gasteiger partial charge >= 0.3 is 0 Å². The van der Waals surface area contributed by atoms with E-state index in [0.717, 1.165) is 42.7 Å². The molecule has 0 amide bonds. The van der Waals surface area contributed by atoms with Crippen LogP contribution < -0.4 is 10.1 Å². The van der Waals surface area contributed by atoms with Crippen LogP contribution >= 0.6 is 24.0 Å². The van der Waals surface area contributed by atoms with Gasteiger partial charge in [0.05, 0.1) is 25.0 Å². The number of nitrogens with zero attached hydrogens (tertiary/aromatic N) is 4. The standard InChI is InChI=1S/C21H29N5O.HI/c1-3-22-20(25-14-12-21(16-25)10-4-11-21)23-15-17-9-13-26(24-17)18-5-7-19(27-2)8-6-18;/h5-9,13H,3-4,10-12,14-16H2,1-2H3,(H,22,23);1H.